The Balaban J connectivity index is 1.52. The van der Waals surface area contributed by atoms with Crippen LogP contribution in [0, 0.1) is 5.92 Å². The zero-order valence-corrected chi connectivity index (χ0v) is 18.4. The normalized spacial score (nSPS) is 16.7. The fourth-order valence-electron chi connectivity index (χ4n) is 3.85. The smallest absolute Gasteiger partial charge is 0.219 e. The van der Waals surface area contributed by atoms with E-state index in [9.17, 15) is 13.2 Å². The van der Waals surface area contributed by atoms with Crippen LogP contribution >= 0.6 is 0 Å². The molecule has 0 saturated carbocycles. The SMILES string of the molecule is CC(=O)N1CCC(COc2ccnc3[nH]cc(-c4ccc(CNS(C)(=O)=O)cc4)c23)C1. The molecule has 8 nitrogen and oxygen atoms in total. The van der Waals surface area contributed by atoms with Crippen molar-refractivity contribution in [2.75, 3.05) is 26.0 Å². The van der Waals surface area contributed by atoms with Crippen LogP contribution in [0.1, 0.15) is 18.9 Å². The highest BCUT2D eigenvalue weighted by Gasteiger charge is 2.25. The summed E-state index contributed by atoms with van der Waals surface area (Å²) in [5, 5.41) is 0.908. The number of carbonyl (C=O) groups is 1. The van der Waals surface area contributed by atoms with Crippen LogP contribution in [0.4, 0.5) is 0 Å². The summed E-state index contributed by atoms with van der Waals surface area (Å²) in [7, 11) is -3.23. The molecule has 0 aliphatic carbocycles. The Morgan fingerprint density at radius 2 is 2.06 bits per heavy atom. The molecule has 1 aliphatic rings. The number of nitrogens with zero attached hydrogens (tertiary/aromatic N) is 2. The molecule has 1 unspecified atom stereocenters. The van der Waals surface area contributed by atoms with E-state index in [2.05, 4.69) is 14.7 Å². The van der Waals surface area contributed by atoms with Crippen molar-refractivity contribution in [2.45, 2.75) is 19.9 Å². The fourth-order valence-corrected chi connectivity index (χ4v) is 4.28. The third-order valence-electron chi connectivity index (χ3n) is 5.54. The highest BCUT2D eigenvalue weighted by Crippen LogP contribution is 2.35. The Morgan fingerprint density at radius 3 is 2.74 bits per heavy atom. The van der Waals surface area contributed by atoms with E-state index < -0.39 is 10.0 Å². The van der Waals surface area contributed by atoms with Gasteiger partial charge >= 0.3 is 0 Å². The van der Waals surface area contributed by atoms with Gasteiger partial charge in [0.05, 0.1) is 18.2 Å². The topological polar surface area (TPSA) is 104 Å². The second-order valence-corrected chi connectivity index (χ2v) is 9.79. The van der Waals surface area contributed by atoms with Crippen molar-refractivity contribution in [3.63, 3.8) is 0 Å². The van der Waals surface area contributed by atoms with E-state index in [1.54, 1.807) is 13.1 Å². The number of ether oxygens (including phenoxy) is 1. The number of sulfonamides is 1. The van der Waals surface area contributed by atoms with Crippen molar-refractivity contribution < 1.29 is 17.9 Å². The number of fused-ring (bicyclic) bond motifs is 1. The van der Waals surface area contributed by atoms with E-state index in [0.717, 1.165) is 59.2 Å². The van der Waals surface area contributed by atoms with Crippen LogP contribution in [0.2, 0.25) is 0 Å². The molecule has 9 heteroatoms. The van der Waals surface area contributed by atoms with Crippen LogP contribution in [0.25, 0.3) is 22.2 Å². The number of carbonyl (C=O) groups excluding carboxylic acids is 1. The van der Waals surface area contributed by atoms with Gasteiger partial charge in [-0.1, -0.05) is 24.3 Å². The maximum absolute atomic E-state index is 11.6. The second kappa shape index (κ2) is 8.68. The van der Waals surface area contributed by atoms with Crippen molar-refractivity contribution in [1.82, 2.24) is 19.6 Å². The molecular weight excluding hydrogens is 416 g/mol. The molecule has 0 bridgehead atoms. The van der Waals surface area contributed by atoms with E-state index >= 15 is 0 Å². The van der Waals surface area contributed by atoms with Gasteiger partial charge in [0.15, 0.2) is 0 Å². The lowest BCUT2D eigenvalue weighted by atomic mass is 10.0. The van der Waals surface area contributed by atoms with Crippen LogP contribution in [0.3, 0.4) is 0 Å². The number of nitrogens with one attached hydrogen (secondary N) is 2. The number of likely N-dealkylation sites (tertiary alicyclic amines) is 1. The maximum Gasteiger partial charge on any atom is 0.219 e. The minimum Gasteiger partial charge on any atom is -0.492 e. The minimum atomic E-state index is -3.23. The molecule has 1 amide bonds. The van der Waals surface area contributed by atoms with E-state index in [1.807, 2.05) is 41.4 Å². The Morgan fingerprint density at radius 1 is 1.29 bits per heavy atom. The molecule has 2 N–H and O–H groups in total. The fraction of sp³-hybridized carbons (Fsp3) is 0.364. The van der Waals surface area contributed by atoms with Crippen molar-refractivity contribution >= 4 is 27.0 Å². The summed E-state index contributed by atoms with van der Waals surface area (Å²) in [5.41, 5.74) is 3.57. The van der Waals surface area contributed by atoms with Gasteiger partial charge in [0.2, 0.25) is 15.9 Å². The van der Waals surface area contributed by atoms with Gasteiger partial charge in [-0.05, 0) is 23.6 Å². The Kier molecular flexibility index (Phi) is 5.97. The number of aromatic amines is 1. The molecule has 3 heterocycles. The lowest BCUT2D eigenvalue weighted by Gasteiger charge is -2.15. The number of amides is 1. The lowest BCUT2D eigenvalue weighted by Crippen LogP contribution is -2.26. The molecule has 4 rings (SSSR count). The van der Waals surface area contributed by atoms with Crippen LogP contribution in [0.5, 0.6) is 5.75 Å². The molecule has 0 radical (unpaired) electrons. The number of benzene rings is 1. The van der Waals surface area contributed by atoms with Gasteiger partial charge in [-0.25, -0.2) is 18.1 Å². The molecule has 1 fully saturated rings. The van der Waals surface area contributed by atoms with Crippen molar-refractivity contribution in [3.05, 3.63) is 48.3 Å². The van der Waals surface area contributed by atoms with E-state index in [-0.39, 0.29) is 12.5 Å². The van der Waals surface area contributed by atoms with E-state index in [0.29, 0.717) is 12.5 Å². The largest absolute Gasteiger partial charge is 0.492 e. The highest BCUT2D eigenvalue weighted by molar-refractivity contribution is 7.88. The Hall–Kier alpha value is -2.91. The third-order valence-corrected chi connectivity index (χ3v) is 6.21. The highest BCUT2D eigenvalue weighted by atomic mass is 32.2. The van der Waals surface area contributed by atoms with E-state index in [1.165, 1.54) is 0 Å². The van der Waals surface area contributed by atoms with E-state index in [4.69, 9.17) is 4.74 Å². The van der Waals surface area contributed by atoms with Gasteiger partial charge in [0.25, 0.3) is 0 Å². The summed E-state index contributed by atoms with van der Waals surface area (Å²) in [6, 6.07) is 9.58. The molecule has 164 valence electrons. The zero-order chi connectivity index (χ0) is 22.0. The summed E-state index contributed by atoms with van der Waals surface area (Å²) in [6.07, 6.45) is 5.71. The first kappa shape index (κ1) is 21.3. The van der Waals surface area contributed by atoms with Crippen molar-refractivity contribution in [2.24, 2.45) is 5.92 Å². The third kappa shape index (κ3) is 5.05. The summed E-state index contributed by atoms with van der Waals surface area (Å²) in [6.45, 7) is 3.91. The van der Waals surface area contributed by atoms with Gasteiger partial charge in [0, 0.05) is 50.4 Å². The van der Waals surface area contributed by atoms with Crippen LogP contribution in [0.15, 0.2) is 42.7 Å². The average Bonchev–Trinajstić information content (AvgIpc) is 3.38. The predicted octanol–water partition coefficient (Wildman–Crippen LogP) is 2.53. The van der Waals surface area contributed by atoms with Crippen LogP contribution in [-0.2, 0) is 21.4 Å². The predicted molar refractivity (Wildman–Crippen MR) is 119 cm³/mol. The molecular formula is C22H26N4O4S. The average molecular weight is 443 g/mol. The first-order chi connectivity index (χ1) is 14.8. The first-order valence-corrected chi connectivity index (χ1v) is 12.1. The Labute approximate surface area is 181 Å². The lowest BCUT2D eigenvalue weighted by molar-refractivity contribution is -0.127. The van der Waals surface area contributed by atoms with Crippen LogP contribution in [-0.4, -0.2) is 55.1 Å². The molecule has 2 aromatic heterocycles. The van der Waals surface area contributed by atoms with Gasteiger partial charge < -0.3 is 14.6 Å². The summed E-state index contributed by atoms with van der Waals surface area (Å²) < 4.78 is 31.3. The molecule has 0 spiro atoms. The number of hydrogen-bond donors (Lipinski definition) is 2. The molecule has 1 aliphatic heterocycles. The number of aromatic nitrogens is 2. The number of rotatable bonds is 7. The first-order valence-electron chi connectivity index (χ1n) is 10.2. The summed E-state index contributed by atoms with van der Waals surface area (Å²) in [4.78, 5) is 21.0. The molecule has 1 atom stereocenters. The monoisotopic (exact) mass is 442 g/mol. The van der Waals surface area contributed by atoms with Crippen molar-refractivity contribution in [1.29, 1.82) is 0 Å². The summed E-state index contributed by atoms with van der Waals surface area (Å²) >= 11 is 0. The van der Waals surface area contributed by atoms with Gasteiger partial charge in [0.1, 0.15) is 11.4 Å². The number of hydrogen-bond acceptors (Lipinski definition) is 5. The number of H-pyrrole nitrogens is 1. The minimum absolute atomic E-state index is 0.108. The Bertz CT molecular complexity index is 1190. The van der Waals surface area contributed by atoms with Crippen molar-refractivity contribution in [3.8, 4) is 16.9 Å². The molecule has 3 aromatic rings. The van der Waals surface area contributed by atoms with Crippen LogP contribution < -0.4 is 9.46 Å². The van der Waals surface area contributed by atoms with Gasteiger partial charge in [-0.3, -0.25) is 4.79 Å². The standard InChI is InChI=1S/C22H26N4O4S/c1-15(27)26-10-8-17(13-26)14-30-20-7-9-23-22-21(20)19(12-24-22)18-5-3-16(4-6-18)11-25-31(2,28)29/h3-7,9,12,17,25H,8,10-11,13-14H2,1-2H3,(H,23,24). The van der Waals surface area contributed by atoms with Gasteiger partial charge in [-0.15, -0.1) is 0 Å². The summed E-state index contributed by atoms with van der Waals surface area (Å²) in [5.74, 6) is 1.18. The molecule has 1 aromatic carbocycles. The second-order valence-electron chi connectivity index (χ2n) is 7.96. The van der Waals surface area contributed by atoms with Gasteiger partial charge in [-0.2, -0.15) is 0 Å². The quantitative estimate of drug-likeness (QED) is 0.585. The zero-order valence-electron chi connectivity index (χ0n) is 17.6. The molecule has 1 saturated heterocycles. The molecule has 31 heavy (non-hydrogen) atoms. The number of pyridine rings is 1. The maximum atomic E-state index is 11.6.